The smallest absolute Gasteiger partial charge is 0.241 e. The summed E-state index contributed by atoms with van der Waals surface area (Å²) >= 11 is 1.82. The fourth-order valence-electron chi connectivity index (χ4n) is 2.65. The van der Waals surface area contributed by atoms with Crippen LogP contribution in [0.4, 0.5) is 0 Å². The fourth-order valence-corrected chi connectivity index (χ4v) is 3.59. The summed E-state index contributed by atoms with van der Waals surface area (Å²) in [5, 5.41) is 6.83. The Morgan fingerprint density at radius 1 is 1.20 bits per heavy atom. The van der Waals surface area contributed by atoms with Crippen molar-refractivity contribution in [2.75, 3.05) is 33.2 Å². The molecule has 1 aromatic carbocycles. The van der Waals surface area contributed by atoms with Gasteiger partial charge < -0.3 is 15.5 Å². The zero-order valence-electron chi connectivity index (χ0n) is 15.0. The summed E-state index contributed by atoms with van der Waals surface area (Å²) in [6, 6.07) is 10.4. The molecule has 0 aromatic heterocycles. The van der Waals surface area contributed by atoms with Crippen LogP contribution in [0.2, 0.25) is 0 Å². The molecule has 25 heavy (non-hydrogen) atoms. The number of carbonyl (C=O) groups excluding carboxylic acids is 1. The molecule has 2 rings (SSSR count). The van der Waals surface area contributed by atoms with E-state index in [9.17, 15) is 4.79 Å². The van der Waals surface area contributed by atoms with Gasteiger partial charge in [0.1, 0.15) is 0 Å². The first-order chi connectivity index (χ1) is 11.7. The number of benzene rings is 1. The summed E-state index contributed by atoms with van der Waals surface area (Å²) in [5.41, 5.74) is 0. The quantitative estimate of drug-likeness (QED) is 0.287. The van der Waals surface area contributed by atoms with Crippen LogP contribution in [0.1, 0.15) is 26.2 Å². The van der Waals surface area contributed by atoms with Crippen molar-refractivity contribution in [3.63, 3.8) is 0 Å². The predicted molar refractivity (Wildman–Crippen MR) is 117 cm³/mol. The molecule has 5 nitrogen and oxygen atoms in total. The van der Waals surface area contributed by atoms with Crippen molar-refractivity contribution < 1.29 is 4.79 Å². The van der Waals surface area contributed by atoms with Crippen LogP contribution in [-0.4, -0.2) is 55.2 Å². The van der Waals surface area contributed by atoms with Crippen molar-refractivity contribution in [2.24, 2.45) is 4.99 Å². The van der Waals surface area contributed by atoms with Crippen LogP contribution in [0, 0.1) is 0 Å². The Labute approximate surface area is 172 Å². The van der Waals surface area contributed by atoms with Crippen molar-refractivity contribution in [2.45, 2.75) is 36.3 Å². The molecule has 7 heteroatoms. The van der Waals surface area contributed by atoms with E-state index in [0.717, 1.165) is 32.5 Å². The number of nitrogens with one attached hydrogen (secondary N) is 2. The van der Waals surface area contributed by atoms with Gasteiger partial charge in [-0.3, -0.25) is 9.79 Å². The molecule has 0 saturated carbocycles. The van der Waals surface area contributed by atoms with E-state index in [4.69, 9.17) is 0 Å². The molecule has 1 aliphatic heterocycles. The number of hydrogen-bond acceptors (Lipinski definition) is 3. The highest BCUT2D eigenvalue weighted by atomic mass is 127. The highest BCUT2D eigenvalue weighted by Gasteiger charge is 2.16. The van der Waals surface area contributed by atoms with Gasteiger partial charge in [0.05, 0.1) is 6.54 Å². The van der Waals surface area contributed by atoms with E-state index in [1.807, 2.05) is 22.7 Å². The Morgan fingerprint density at radius 3 is 2.52 bits per heavy atom. The van der Waals surface area contributed by atoms with Crippen molar-refractivity contribution in [3.05, 3.63) is 30.3 Å². The summed E-state index contributed by atoms with van der Waals surface area (Å²) in [6.45, 7) is 5.04. The molecule has 0 spiro atoms. The Morgan fingerprint density at radius 2 is 1.88 bits per heavy atom. The van der Waals surface area contributed by atoms with E-state index in [1.54, 1.807) is 7.05 Å². The van der Waals surface area contributed by atoms with Crippen LogP contribution in [0.15, 0.2) is 40.2 Å². The van der Waals surface area contributed by atoms with E-state index >= 15 is 0 Å². The number of carbonyl (C=O) groups is 1. The first kappa shape index (κ1) is 22.1. The lowest BCUT2D eigenvalue weighted by molar-refractivity contribution is -0.130. The first-order valence-electron chi connectivity index (χ1n) is 8.63. The molecule has 1 saturated heterocycles. The Bertz CT molecular complexity index is 535. The largest absolute Gasteiger partial charge is 0.355 e. The van der Waals surface area contributed by atoms with Gasteiger partial charge in [-0.1, -0.05) is 25.1 Å². The minimum Gasteiger partial charge on any atom is -0.355 e. The van der Waals surface area contributed by atoms with Crippen molar-refractivity contribution in [1.82, 2.24) is 15.5 Å². The topological polar surface area (TPSA) is 56.7 Å². The highest BCUT2D eigenvalue weighted by Crippen LogP contribution is 2.21. The maximum Gasteiger partial charge on any atom is 0.241 e. The molecule has 1 atom stereocenters. The number of likely N-dealkylation sites (tertiary alicyclic amines) is 1. The van der Waals surface area contributed by atoms with Gasteiger partial charge in [0.2, 0.25) is 5.91 Å². The van der Waals surface area contributed by atoms with Crippen LogP contribution in [-0.2, 0) is 4.79 Å². The number of rotatable bonds is 6. The maximum absolute atomic E-state index is 12.2. The zero-order chi connectivity index (χ0) is 17.2. The number of aliphatic imine (C=N–C) groups is 1. The van der Waals surface area contributed by atoms with Gasteiger partial charge >= 0.3 is 0 Å². The van der Waals surface area contributed by atoms with Crippen LogP contribution in [0.25, 0.3) is 0 Å². The van der Waals surface area contributed by atoms with Crippen LogP contribution >= 0.6 is 35.7 Å². The van der Waals surface area contributed by atoms with Gasteiger partial charge in [-0.25, -0.2) is 0 Å². The van der Waals surface area contributed by atoms with Crippen LogP contribution in [0.5, 0.6) is 0 Å². The van der Waals surface area contributed by atoms with E-state index in [0.29, 0.717) is 17.8 Å². The molecule has 1 aliphatic rings. The summed E-state index contributed by atoms with van der Waals surface area (Å²) in [6.07, 6.45) is 3.47. The number of thioether (sulfide) groups is 1. The zero-order valence-corrected chi connectivity index (χ0v) is 18.2. The molecule has 0 aliphatic carbocycles. The van der Waals surface area contributed by atoms with Gasteiger partial charge in [-0.05, 0) is 31.4 Å². The second-order valence-corrected chi connectivity index (χ2v) is 7.50. The Hall–Kier alpha value is -0.960. The van der Waals surface area contributed by atoms with Crippen molar-refractivity contribution >= 4 is 47.6 Å². The van der Waals surface area contributed by atoms with Gasteiger partial charge in [-0.2, -0.15) is 0 Å². The third kappa shape index (κ3) is 8.31. The van der Waals surface area contributed by atoms with Gasteiger partial charge in [0.15, 0.2) is 5.96 Å². The van der Waals surface area contributed by atoms with Crippen LogP contribution in [0.3, 0.4) is 0 Å². The van der Waals surface area contributed by atoms with Crippen molar-refractivity contribution in [1.29, 1.82) is 0 Å². The first-order valence-corrected chi connectivity index (χ1v) is 9.51. The van der Waals surface area contributed by atoms with Crippen molar-refractivity contribution in [3.8, 4) is 0 Å². The number of piperidine rings is 1. The fraction of sp³-hybridized carbons (Fsp3) is 0.556. The summed E-state index contributed by atoms with van der Waals surface area (Å²) < 4.78 is 0. The number of halogens is 1. The van der Waals surface area contributed by atoms with E-state index < -0.39 is 0 Å². The molecule has 1 fully saturated rings. The maximum atomic E-state index is 12.2. The average Bonchev–Trinajstić information content (AvgIpc) is 2.63. The lowest BCUT2D eigenvalue weighted by atomic mass is 10.1. The predicted octanol–water partition coefficient (Wildman–Crippen LogP) is 2.96. The molecule has 0 bridgehead atoms. The van der Waals surface area contributed by atoms with E-state index in [-0.39, 0.29) is 29.9 Å². The molecule has 1 aromatic rings. The molecule has 1 amide bonds. The third-order valence-electron chi connectivity index (χ3n) is 3.98. The molecule has 2 N–H and O–H groups in total. The average molecular weight is 476 g/mol. The summed E-state index contributed by atoms with van der Waals surface area (Å²) in [4.78, 5) is 19.6. The molecule has 0 radical (unpaired) electrons. The van der Waals surface area contributed by atoms with Crippen LogP contribution < -0.4 is 10.6 Å². The number of nitrogens with zero attached hydrogens (tertiary/aromatic N) is 2. The highest BCUT2D eigenvalue weighted by molar-refractivity contribution is 14.0. The minimum absolute atomic E-state index is 0. The van der Waals surface area contributed by atoms with Gasteiger partial charge in [0, 0.05) is 36.8 Å². The van der Waals surface area contributed by atoms with E-state index in [2.05, 4.69) is 46.8 Å². The summed E-state index contributed by atoms with van der Waals surface area (Å²) in [7, 11) is 1.73. The Kier molecular flexibility index (Phi) is 11.0. The second kappa shape index (κ2) is 12.4. The van der Waals surface area contributed by atoms with Gasteiger partial charge in [0.25, 0.3) is 0 Å². The SMILES string of the molecule is CN=C(NCC(=O)N1CCCCC1)NCC(C)Sc1ccccc1.I. The minimum atomic E-state index is 0. The lowest BCUT2D eigenvalue weighted by Crippen LogP contribution is -2.46. The summed E-state index contributed by atoms with van der Waals surface area (Å²) in [5.74, 6) is 0.838. The molecule has 1 unspecified atom stereocenters. The molecular weight excluding hydrogens is 447 g/mol. The van der Waals surface area contributed by atoms with Gasteiger partial charge in [-0.15, -0.1) is 35.7 Å². The monoisotopic (exact) mass is 476 g/mol. The molecular formula is C18H29IN4OS. The lowest BCUT2D eigenvalue weighted by Gasteiger charge is -2.27. The van der Waals surface area contributed by atoms with E-state index in [1.165, 1.54) is 11.3 Å². The standard InChI is InChI=1S/C18H28N4OS.HI/c1-15(24-16-9-5-3-6-10-16)13-20-18(19-2)21-14-17(23)22-11-7-4-8-12-22;/h3,5-6,9-10,15H,4,7-8,11-14H2,1-2H3,(H2,19,20,21);1H. The number of hydrogen-bond donors (Lipinski definition) is 2. The second-order valence-electron chi connectivity index (χ2n) is 5.99. The molecule has 140 valence electrons. The number of guanidine groups is 1. The third-order valence-corrected chi connectivity index (χ3v) is 5.09. The normalized spacial score (nSPS) is 15.9. The molecule has 1 heterocycles. The Balaban J connectivity index is 0.00000312. The number of amides is 1.